The molecule has 0 amide bonds. The number of ether oxygens (including phenoxy) is 1. The zero-order chi connectivity index (χ0) is 18.8. The highest BCUT2D eigenvalue weighted by atomic mass is 16.5. The summed E-state index contributed by atoms with van der Waals surface area (Å²) in [4.78, 5) is 18.1. The van der Waals surface area contributed by atoms with E-state index in [2.05, 4.69) is 33.2 Å². The van der Waals surface area contributed by atoms with E-state index in [0.717, 1.165) is 42.0 Å². The molecule has 7 heteroatoms. The molecular formula is C20H24N4O3. The van der Waals surface area contributed by atoms with E-state index in [1.165, 1.54) is 5.39 Å². The minimum Gasteiger partial charge on any atom is -0.461 e. The van der Waals surface area contributed by atoms with Crippen molar-refractivity contribution in [1.82, 2.24) is 19.7 Å². The molecule has 0 radical (unpaired) electrons. The van der Waals surface area contributed by atoms with Crippen molar-refractivity contribution in [3.8, 4) is 0 Å². The Kier molecular flexibility index (Phi) is 4.96. The van der Waals surface area contributed by atoms with Gasteiger partial charge in [0.25, 0.3) is 0 Å². The topological polar surface area (TPSA) is 83.4 Å². The van der Waals surface area contributed by atoms with E-state index in [9.17, 15) is 9.90 Å². The average Bonchev–Trinajstić information content (AvgIpc) is 3.23. The fourth-order valence-corrected chi connectivity index (χ4v) is 3.78. The molecule has 0 unspecified atom stereocenters. The summed E-state index contributed by atoms with van der Waals surface area (Å²) in [5.74, 6) is -0.391. The lowest BCUT2D eigenvalue weighted by molar-refractivity contribution is 0.0515. The Morgan fingerprint density at radius 3 is 3.00 bits per heavy atom. The number of fused-ring (bicyclic) bond motifs is 2. The number of aromatic nitrogens is 3. The summed E-state index contributed by atoms with van der Waals surface area (Å²) in [7, 11) is 0. The number of aliphatic hydroxyl groups is 1. The van der Waals surface area contributed by atoms with Gasteiger partial charge in [0.15, 0.2) is 5.69 Å². The zero-order valence-corrected chi connectivity index (χ0v) is 15.4. The van der Waals surface area contributed by atoms with Crippen LogP contribution in [0.25, 0.3) is 10.9 Å². The molecule has 2 aromatic heterocycles. The third kappa shape index (κ3) is 3.48. The lowest BCUT2D eigenvalue weighted by atomic mass is 10.0. The van der Waals surface area contributed by atoms with Gasteiger partial charge in [-0.3, -0.25) is 9.58 Å². The van der Waals surface area contributed by atoms with Crippen LogP contribution in [0.5, 0.6) is 0 Å². The number of carbonyl (C=O) groups is 1. The van der Waals surface area contributed by atoms with Crippen molar-refractivity contribution in [2.24, 2.45) is 0 Å². The summed E-state index contributed by atoms with van der Waals surface area (Å²) < 4.78 is 6.93. The van der Waals surface area contributed by atoms with Crippen LogP contribution in [0.15, 0.2) is 30.3 Å². The second-order valence-electron chi connectivity index (χ2n) is 6.78. The summed E-state index contributed by atoms with van der Waals surface area (Å²) in [5, 5.41) is 14.9. The molecule has 4 rings (SSSR count). The first-order valence-electron chi connectivity index (χ1n) is 9.35. The van der Waals surface area contributed by atoms with Crippen molar-refractivity contribution in [1.29, 1.82) is 0 Å². The molecule has 1 aromatic carbocycles. The number of aromatic amines is 1. The van der Waals surface area contributed by atoms with Crippen LogP contribution in [0, 0.1) is 0 Å². The number of nitrogens with one attached hydrogen (secondary N) is 1. The number of hydrogen-bond acceptors (Lipinski definition) is 5. The van der Waals surface area contributed by atoms with Crippen LogP contribution in [0.4, 0.5) is 0 Å². The first kappa shape index (κ1) is 17.8. The standard InChI is InChI=1S/C20H24N4O3/c1-2-27-20(26)19-16-13-23(8-7-18(16)24(22-19)9-10-25)12-15-11-14-5-3-4-6-17(14)21-15/h3-6,11,21,25H,2,7-10,12-13H2,1H3. The Labute approximate surface area is 157 Å². The highest BCUT2D eigenvalue weighted by Crippen LogP contribution is 2.25. The molecule has 0 saturated heterocycles. The first-order valence-corrected chi connectivity index (χ1v) is 9.35. The van der Waals surface area contributed by atoms with Crippen molar-refractivity contribution in [3.63, 3.8) is 0 Å². The summed E-state index contributed by atoms with van der Waals surface area (Å²) in [6.45, 7) is 4.79. The zero-order valence-electron chi connectivity index (χ0n) is 15.4. The SMILES string of the molecule is CCOC(=O)c1nn(CCO)c2c1CN(Cc1cc3ccccc3[nH]1)CC2. The Hall–Kier alpha value is -2.64. The van der Waals surface area contributed by atoms with E-state index < -0.39 is 5.97 Å². The van der Waals surface area contributed by atoms with Gasteiger partial charge >= 0.3 is 5.97 Å². The monoisotopic (exact) mass is 368 g/mol. The van der Waals surface area contributed by atoms with Gasteiger partial charge in [-0.2, -0.15) is 5.10 Å². The Bertz CT molecular complexity index is 926. The van der Waals surface area contributed by atoms with Crippen LogP contribution in [-0.2, 0) is 30.8 Å². The van der Waals surface area contributed by atoms with Gasteiger partial charge in [-0.1, -0.05) is 18.2 Å². The predicted octanol–water partition coefficient (Wildman–Crippen LogP) is 2.09. The minimum atomic E-state index is -0.391. The van der Waals surface area contributed by atoms with Gasteiger partial charge in [0.05, 0.1) is 19.8 Å². The molecule has 2 N–H and O–H groups in total. The fourth-order valence-electron chi connectivity index (χ4n) is 3.78. The lowest BCUT2D eigenvalue weighted by Gasteiger charge is -2.27. The molecule has 0 aliphatic carbocycles. The fraction of sp³-hybridized carbons (Fsp3) is 0.400. The van der Waals surface area contributed by atoms with Gasteiger partial charge in [-0.15, -0.1) is 0 Å². The number of carbonyl (C=O) groups excluding carboxylic acids is 1. The first-order chi connectivity index (χ1) is 13.2. The smallest absolute Gasteiger partial charge is 0.359 e. The quantitative estimate of drug-likeness (QED) is 0.651. The Morgan fingerprint density at radius 2 is 2.22 bits per heavy atom. The van der Waals surface area contributed by atoms with Crippen molar-refractivity contribution in [2.45, 2.75) is 33.0 Å². The summed E-state index contributed by atoms with van der Waals surface area (Å²) in [5.41, 5.74) is 4.61. The van der Waals surface area contributed by atoms with E-state index in [-0.39, 0.29) is 6.61 Å². The molecule has 3 heterocycles. The predicted molar refractivity (Wildman–Crippen MR) is 101 cm³/mol. The van der Waals surface area contributed by atoms with Gasteiger partial charge in [0.1, 0.15) is 0 Å². The highest BCUT2D eigenvalue weighted by molar-refractivity contribution is 5.89. The van der Waals surface area contributed by atoms with E-state index in [4.69, 9.17) is 4.74 Å². The molecule has 0 saturated carbocycles. The molecule has 3 aromatic rings. The molecular weight excluding hydrogens is 344 g/mol. The number of nitrogens with zero attached hydrogens (tertiary/aromatic N) is 3. The maximum atomic E-state index is 12.3. The lowest BCUT2D eigenvalue weighted by Crippen LogP contribution is -2.31. The second-order valence-corrected chi connectivity index (χ2v) is 6.78. The van der Waals surface area contributed by atoms with E-state index in [0.29, 0.717) is 25.4 Å². The van der Waals surface area contributed by atoms with Gasteiger partial charge in [0, 0.05) is 48.5 Å². The van der Waals surface area contributed by atoms with Crippen LogP contribution in [-0.4, -0.2) is 50.5 Å². The molecule has 7 nitrogen and oxygen atoms in total. The molecule has 0 atom stereocenters. The number of hydrogen-bond donors (Lipinski definition) is 2. The van der Waals surface area contributed by atoms with Gasteiger partial charge in [0.2, 0.25) is 0 Å². The number of esters is 1. The van der Waals surface area contributed by atoms with Crippen molar-refractivity contribution < 1.29 is 14.6 Å². The maximum absolute atomic E-state index is 12.3. The highest BCUT2D eigenvalue weighted by Gasteiger charge is 2.28. The molecule has 0 fully saturated rings. The number of rotatable bonds is 6. The van der Waals surface area contributed by atoms with Crippen LogP contribution >= 0.6 is 0 Å². The average molecular weight is 368 g/mol. The Morgan fingerprint density at radius 1 is 1.37 bits per heavy atom. The minimum absolute atomic E-state index is 0.00480. The van der Waals surface area contributed by atoms with Crippen LogP contribution in [0.3, 0.4) is 0 Å². The van der Waals surface area contributed by atoms with Gasteiger partial charge in [-0.05, 0) is 24.4 Å². The number of H-pyrrole nitrogens is 1. The summed E-state index contributed by atoms with van der Waals surface area (Å²) in [6.07, 6.45) is 0.794. The second kappa shape index (κ2) is 7.54. The largest absolute Gasteiger partial charge is 0.461 e. The van der Waals surface area contributed by atoms with E-state index >= 15 is 0 Å². The van der Waals surface area contributed by atoms with Crippen LogP contribution in [0.1, 0.15) is 34.4 Å². The Balaban J connectivity index is 1.58. The maximum Gasteiger partial charge on any atom is 0.359 e. The van der Waals surface area contributed by atoms with E-state index in [1.807, 2.05) is 12.1 Å². The molecule has 0 bridgehead atoms. The molecule has 27 heavy (non-hydrogen) atoms. The van der Waals surface area contributed by atoms with Crippen LogP contribution in [0.2, 0.25) is 0 Å². The molecule has 142 valence electrons. The van der Waals surface area contributed by atoms with Gasteiger partial charge in [-0.25, -0.2) is 4.79 Å². The third-order valence-corrected chi connectivity index (χ3v) is 4.97. The summed E-state index contributed by atoms with van der Waals surface area (Å²) >= 11 is 0. The number of aliphatic hydroxyl groups excluding tert-OH is 1. The molecule has 0 spiro atoms. The van der Waals surface area contributed by atoms with Crippen molar-refractivity contribution in [2.75, 3.05) is 19.8 Å². The van der Waals surface area contributed by atoms with Crippen LogP contribution < -0.4 is 0 Å². The molecule has 1 aliphatic rings. The van der Waals surface area contributed by atoms with Crippen molar-refractivity contribution in [3.05, 3.63) is 53.0 Å². The number of benzene rings is 1. The summed E-state index contributed by atoms with van der Waals surface area (Å²) in [6, 6.07) is 10.4. The number of para-hydroxylation sites is 1. The van der Waals surface area contributed by atoms with Gasteiger partial charge < -0.3 is 14.8 Å². The third-order valence-electron chi connectivity index (χ3n) is 4.97. The van der Waals surface area contributed by atoms with Crippen molar-refractivity contribution >= 4 is 16.9 Å². The molecule has 1 aliphatic heterocycles. The normalized spacial score (nSPS) is 14.4. The van der Waals surface area contributed by atoms with E-state index in [1.54, 1.807) is 11.6 Å².